The van der Waals surface area contributed by atoms with Crippen LogP contribution in [-0.4, -0.2) is 24.8 Å². The fourth-order valence-electron chi connectivity index (χ4n) is 7.21. The first kappa shape index (κ1) is 15.6. The van der Waals surface area contributed by atoms with Gasteiger partial charge in [-0.2, -0.15) is 0 Å². The standard InChI is InChI=1S/C21H30O3/c1-2-20-9-7-16-15-8-10-21(23-11-12-24-21)13-14(15)3-4-17(16)18(20)5-6-19(20)22/h3,15-18H,2,4-13H2,1H3/t15-,16+,17+,18-,20-/m0/s1. The first-order valence-electron chi connectivity index (χ1n) is 10.2. The molecule has 4 fully saturated rings. The minimum absolute atomic E-state index is 0.0417. The number of carbonyl (C=O) groups is 1. The molecule has 1 heterocycles. The number of fused-ring (bicyclic) bond motifs is 5. The average molecular weight is 330 g/mol. The van der Waals surface area contributed by atoms with Crippen LogP contribution in [0.15, 0.2) is 11.6 Å². The summed E-state index contributed by atoms with van der Waals surface area (Å²) >= 11 is 0. The van der Waals surface area contributed by atoms with Crippen molar-refractivity contribution in [2.24, 2.45) is 29.1 Å². The molecule has 0 bridgehead atoms. The van der Waals surface area contributed by atoms with Gasteiger partial charge in [0.25, 0.3) is 0 Å². The summed E-state index contributed by atoms with van der Waals surface area (Å²) in [4.78, 5) is 12.6. The van der Waals surface area contributed by atoms with Crippen molar-refractivity contribution in [2.45, 2.75) is 70.5 Å². The third-order valence-corrected chi connectivity index (χ3v) is 8.34. The van der Waals surface area contributed by atoms with Crippen molar-refractivity contribution >= 4 is 5.78 Å². The largest absolute Gasteiger partial charge is 0.347 e. The van der Waals surface area contributed by atoms with Gasteiger partial charge < -0.3 is 9.47 Å². The summed E-state index contributed by atoms with van der Waals surface area (Å²) in [7, 11) is 0. The van der Waals surface area contributed by atoms with Crippen molar-refractivity contribution in [3.05, 3.63) is 11.6 Å². The second kappa shape index (κ2) is 5.41. The SMILES string of the molecule is CC[C@]12CC[C@H]3[C@@H](CC=C4CC5(CC[C@@H]43)OCCO5)[C@@H]1CCC2=O. The molecule has 0 radical (unpaired) electrons. The molecular formula is C21H30O3. The zero-order chi connectivity index (χ0) is 16.4. The average Bonchev–Trinajstić information content (AvgIpc) is 3.19. The Hall–Kier alpha value is -0.670. The Morgan fingerprint density at radius 2 is 1.96 bits per heavy atom. The minimum atomic E-state index is -0.291. The quantitative estimate of drug-likeness (QED) is 0.674. The van der Waals surface area contributed by atoms with Gasteiger partial charge in [0.15, 0.2) is 5.79 Å². The first-order chi connectivity index (χ1) is 11.7. The van der Waals surface area contributed by atoms with E-state index in [2.05, 4.69) is 13.0 Å². The highest BCUT2D eigenvalue weighted by Crippen LogP contribution is 2.62. The Morgan fingerprint density at radius 3 is 2.75 bits per heavy atom. The van der Waals surface area contributed by atoms with Crippen LogP contribution in [0.1, 0.15) is 64.7 Å². The van der Waals surface area contributed by atoms with E-state index in [9.17, 15) is 4.79 Å². The van der Waals surface area contributed by atoms with Gasteiger partial charge in [0, 0.05) is 24.7 Å². The molecule has 5 atom stereocenters. The number of Topliss-reactive ketones (excluding diaryl/α,β-unsaturated/α-hetero) is 1. The number of ether oxygens (including phenoxy) is 2. The van der Waals surface area contributed by atoms with Crippen LogP contribution in [0, 0.1) is 29.1 Å². The Morgan fingerprint density at radius 1 is 1.12 bits per heavy atom. The van der Waals surface area contributed by atoms with Crippen LogP contribution < -0.4 is 0 Å². The monoisotopic (exact) mass is 330 g/mol. The van der Waals surface area contributed by atoms with E-state index in [1.54, 1.807) is 5.57 Å². The van der Waals surface area contributed by atoms with Crippen LogP contribution in [0.2, 0.25) is 0 Å². The molecule has 0 N–H and O–H groups in total. The predicted octanol–water partition coefficient (Wildman–Crippen LogP) is 4.26. The zero-order valence-electron chi connectivity index (χ0n) is 14.9. The molecule has 4 aliphatic carbocycles. The Labute approximate surface area is 145 Å². The lowest BCUT2D eigenvalue weighted by Gasteiger charge is -2.53. The van der Waals surface area contributed by atoms with Gasteiger partial charge in [-0.25, -0.2) is 0 Å². The number of allylic oxidation sites excluding steroid dienone is 1. The number of hydrogen-bond acceptors (Lipinski definition) is 3. The van der Waals surface area contributed by atoms with Crippen LogP contribution in [0.5, 0.6) is 0 Å². The van der Waals surface area contributed by atoms with Gasteiger partial charge in [0.05, 0.1) is 13.2 Å². The van der Waals surface area contributed by atoms with Crippen molar-refractivity contribution in [1.29, 1.82) is 0 Å². The molecule has 24 heavy (non-hydrogen) atoms. The molecule has 0 aromatic rings. The predicted molar refractivity (Wildman–Crippen MR) is 91.3 cm³/mol. The zero-order valence-corrected chi connectivity index (χ0v) is 14.9. The number of hydrogen-bond donors (Lipinski definition) is 0. The smallest absolute Gasteiger partial charge is 0.172 e. The molecule has 1 spiro atoms. The molecule has 0 aromatic heterocycles. The first-order valence-corrected chi connectivity index (χ1v) is 10.2. The molecule has 5 rings (SSSR count). The van der Waals surface area contributed by atoms with Crippen LogP contribution in [-0.2, 0) is 14.3 Å². The number of rotatable bonds is 1. The normalized spacial score (nSPS) is 46.4. The van der Waals surface area contributed by atoms with Crippen molar-refractivity contribution in [1.82, 2.24) is 0 Å². The van der Waals surface area contributed by atoms with Crippen molar-refractivity contribution in [3.8, 4) is 0 Å². The molecule has 0 amide bonds. The van der Waals surface area contributed by atoms with Crippen molar-refractivity contribution in [2.75, 3.05) is 13.2 Å². The van der Waals surface area contributed by atoms with Crippen LogP contribution in [0.3, 0.4) is 0 Å². The molecule has 5 aliphatic rings. The van der Waals surface area contributed by atoms with Crippen LogP contribution >= 0.6 is 0 Å². The second-order valence-corrected chi connectivity index (χ2v) is 8.89. The molecule has 132 valence electrons. The van der Waals surface area contributed by atoms with Crippen LogP contribution in [0.4, 0.5) is 0 Å². The molecule has 1 saturated heterocycles. The molecule has 3 heteroatoms. The summed E-state index contributed by atoms with van der Waals surface area (Å²) in [6, 6.07) is 0. The van der Waals surface area contributed by atoms with E-state index >= 15 is 0 Å². The summed E-state index contributed by atoms with van der Waals surface area (Å²) in [6.45, 7) is 3.76. The van der Waals surface area contributed by atoms with Gasteiger partial charge in [-0.05, 0) is 62.2 Å². The molecule has 3 saturated carbocycles. The maximum Gasteiger partial charge on any atom is 0.172 e. The van der Waals surface area contributed by atoms with Gasteiger partial charge in [-0.1, -0.05) is 18.6 Å². The minimum Gasteiger partial charge on any atom is -0.347 e. The Kier molecular flexibility index (Phi) is 3.51. The lowest BCUT2D eigenvalue weighted by molar-refractivity contribution is -0.176. The summed E-state index contributed by atoms with van der Waals surface area (Å²) < 4.78 is 12.0. The van der Waals surface area contributed by atoms with E-state index in [0.29, 0.717) is 11.7 Å². The van der Waals surface area contributed by atoms with Crippen molar-refractivity contribution < 1.29 is 14.3 Å². The van der Waals surface area contributed by atoms with E-state index in [1.165, 1.54) is 19.3 Å². The second-order valence-electron chi connectivity index (χ2n) is 8.89. The lowest BCUT2D eigenvalue weighted by Crippen LogP contribution is -2.48. The highest BCUT2D eigenvalue weighted by atomic mass is 16.7. The van der Waals surface area contributed by atoms with Gasteiger partial charge in [0.2, 0.25) is 0 Å². The Bertz CT molecular complexity index is 574. The van der Waals surface area contributed by atoms with Gasteiger partial charge >= 0.3 is 0 Å². The summed E-state index contributed by atoms with van der Waals surface area (Å²) in [5.41, 5.74) is 1.65. The lowest BCUT2D eigenvalue weighted by atomic mass is 9.52. The van der Waals surface area contributed by atoms with Gasteiger partial charge in [0.1, 0.15) is 5.78 Å². The van der Waals surface area contributed by atoms with Gasteiger partial charge in [-0.3, -0.25) is 4.79 Å². The third kappa shape index (κ3) is 2.00. The molecule has 3 nitrogen and oxygen atoms in total. The molecular weight excluding hydrogens is 300 g/mol. The fourth-order valence-corrected chi connectivity index (χ4v) is 7.21. The maximum absolute atomic E-state index is 12.6. The van der Waals surface area contributed by atoms with Crippen molar-refractivity contribution in [3.63, 3.8) is 0 Å². The molecule has 1 aliphatic heterocycles. The van der Waals surface area contributed by atoms with E-state index in [1.807, 2.05) is 0 Å². The summed E-state index contributed by atoms with van der Waals surface area (Å²) in [6.07, 6.45) is 12.4. The highest BCUT2D eigenvalue weighted by molar-refractivity contribution is 5.87. The van der Waals surface area contributed by atoms with Gasteiger partial charge in [-0.15, -0.1) is 0 Å². The number of carbonyl (C=O) groups excluding carboxylic acids is 1. The molecule has 0 unspecified atom stereocenters. The van der Waals surface area contributed by atoms with E-state index in [0.717, 1.165) is 69.5 Å². The Balaban J connectivity index is 1.42. The third-order valence-electron chi connectivity index (χ3n) is 8.34. The van der Waals surface area contributed by atoms with E-state index in [-0.39, 0.29) is 11.2 Å². The van der Waals surface area contributed by atoms with E-state index < -0.39 is 0 Å². The summed E-state index contributed by atoms with van der Waals surface area (Å²) in [5, 5.41) is 0. The summed E-state index contributed by atoms with van der Waals surface area (Å²) in [5.74, 6) is 3.23. The number of ketones is 1. The van der Waals surface area contributed by atoms with E-state index in [4.69, 9.17) is 9.47 Å². The topological polar surface area (TPSA) is 35.5 Å². The fraction of sp³-hybridized carbons (Fsp3) is 0.857. The van der Waals surface area contributed by atoms with Crippen LogP contribution in [0.25, 0.3) is 0 Å². The maximum atomic E-state index is 12.6. The highest BCUT2D eigenvalue weighted by Gasteiger charge is 2.58. The molecule has 0 aromatic carbocycles.